The molecule has 2 aromatic carbocycles. The number of nitrogens with zero attached hydrogens (tertiary/aromatic N) is 2. The summed E-state index contributed by atoms with van der Waals surface area (Å²) in [7, 11) is 1.28. The van der Waals surface area contributed by atoms with Gasteiger partial charge < -0.3 is 13.9 Å². The minimum Gasteiger partial charge on any atom is -0.494 e. The summed E-state index contributed by atoms with van der Waals surface area (Å²) in [6.07, 6.45) is 1.95. The molecule has 0 spiro atoms. The van der Waals surface area contributed by atoms with E-state index in [0.717, 1.165) is 24.2 Å². The second-order valence-corrected chi connectivity index (χ2v) is 9.98. The van der Waals surface area contributed by atoms with Crippen molar-refractivity contribution >= 4 is 50.9 Å². The summed E-state index contributed by atoms with van der Waals surface area (Å²) in [4.78, 5) is 45.9. The Labute approximate surface area is 221 Å². The molecule has 4 aromatic rings. The maximum atomic E-state index is 13.7. The number of methoxy groups -OCH3 is 1. The molecule has 37 heavy (non-hydrogen) atoms. The molecular weight excluding hydrogens is 516 g/mol. The molecule has 3 heterocycles. The Kier molecular flexibility index (Phi) is 6.74. The molecule has 8 nitrogen and oxygen atoms in total. The van der Waals surface area contributed by atoms with Gasteiger partial charge in [0.25, 0.3) is 5.91 Å². The van der Waals surface area contributed by atoms with Crippen LogP contribution in [0.4, 0.5) is 5.13 Å². The van der Waals surface area contributed by atoms with Gasteiger partial charge in [0, 0.05) is 5.02 Å². The topological polar surface area (TPSA) is 98.9 Å². The van der Waals surface area contributed by atoms with Crippen molar-refractivity contribution in [2.45, 2.75) is 32.7 Å². The first-order chi connectivity index (χ1) is 17.8. The quantitative estimate of drug-likeness (QED) is 0.212. The Morgan fingerprint density at radius 2 is 1.95 bits per heavy atom. The molecule has 1 amide bonds. The van der Waals surface area contributed by atoms with Crippen LogP contribution in [0.15, 0.2) is 51.7 Å². The number of aromatic nitrogens is 1. The second kappa shape index (κ2) is 9.99. The van der Waals surface area contributed by atoms with Gasteiger partial charge in [-0.05, 0) is 49.2 Å². The van der Waals surface area contributed by atoms with Crippen molar-refractivity contribution < 1.29 is 23.5 Å². The molecule has 0 saturated carbocycles. The Morgan fingerprint density at radius 3 is 2.65 bits per heavy atom. The van der Waals surface area contributed by atoms with Gasteiger partial charge in [-0.25, -0.2) is 9.78 Å². The first-order valence-electron chi connectivity index (χ1n) is 11.7. The molecule has 0 saturated heterocycles. The van der Waals surface area contributed by atoms with Gasteiger partial charge in [-0.2, -0.15) is 0 Å². The van der Waals surface area contributed by atoms with Crippen LogP contribution in [0.5, 0.6) is 5.75 Å². The van der Waals surface area contributed by atoms with Crippen LogP contribution in [0.3, 0.4) is 0 Å². The summed E-state index contributed by atoms with van der Waals surface area (Å²) in [6.45, 7) is 4.35. The fourth-order valence-corrected chi connectivity index (χ4v) is 5.49. The van der Waals surface area contributed by atoms with Crippen LogP contribution < -0.4 is 15.1 Å². The highest BCUT2D eigenvalue weighted by molar-refractivity contribution is 7.17. The van der Waals surface area contributed by atoms with Crippen molar-refractivity contribution in [2.24, 2.45) is 0 Å². The highest BCUT2D eigenvalue weighted by Crippen LogP contribution is 2.43. The van der Waals surface area contributed by atoms with Crippen LogP contribution in [0, 0.1) is 6.92 Å². The average molecular weight is 539 g/mol. The third-order valence-corrected chi connectivity index (χ3v) is 7.53. The SMILES string of the molecule is CCCCOc1ccc(C2c3c(oc4ccc(Cl)cc4c3=O)C(=O)N2c2nc(C)c(C(=O)OC)s2)cc1. The molecular formula is C27H23ClN2O6S. The maximum Gasteiger partial charge on any atom is 0.350 e. The number of carbonyl (C=O) groups is 2. The fraction of sp³-hybridized carbons (Fsp3) is 0.259. The fourth-order valence-electron chi connectivity index (χ4n) is 4.31. The second-order valence-electron chi connectivity index (χ2n) is 8.57. The lowest BCUT2D eigenvalue weighted by atomic mass is 9.98. The van der Waals surface area contributed by atoms with Crippen LogP contribution in [-0.4, -0.2) is 30.6 Å². The number of anilines is 1. The Bertz CT molecular complexity index is 1580. The number of halogens is 1. The summed E-state index contributed by atoms with van der Waals surface area (Å²) in [5.41, 5.74) is 1.17. The van der Waals surface area contributed by atoms with Crippen LogP contribution in [-0.2, 0) is 4.74 Å². The van der Waals surface area contributed by atoms with E-state index >= 15 is 0 Å². The van der Waals surface area contributed by atoms with E-state index in [0.29, 0.717) is 28.6 Å². The highest BCUT2D eigenvalue weighted by Gasteiger charge is 2.45. The van der Waals surface area contributed by atoms with E-state index in [-0.39, 0.29) is 37.7 Å². The molecule has 0 radical (unpaired) electrons. The number of esters is 1. The molecule has 1 atom stereocenters. The zero-order valence-electron chi connectivity index (χ0n) is 20.4. The third kappa shape index (κ3) is 4.38. The number of benzene rings is 2. The highest BCUT2D eigenvalue weighted by atomic mass is 35.5. The molecule has 0 aliphatic carbocycles. The molecule has 1 unspecified atom stereocenters. The van der Waals surface area contributed by atoms with E-state index in [9.17, 15) is 14.4 Å². The summed E-state index contributed by atoms with van der Waals surface area (Å²) >= 11 is 7.18. The number of hydrogen-bond donors (Lipinski definition) is 0. The molecule has 2 aromatic heterocycles. The number of thiazole rings is 1. The minimum atomic E-state index is -0.831. The number of aryl methyl sites for hydroxylation is 1. The van der Waals surface area contributed by atoms with Crippen molar-refractivity contribution in [3.63, 3.8) is 0 Å². The summed E-state index contributed by atoms with van der Waals surface area (Å²) < 4.78 is 16.6. The molecule has 10 heteroatoms. The van der Waals surface area contributed by atoms with E-state index < -0.39 is 17.9 Å². The normalized spacial score (nSPS) is 14.8. The largest absolute Gasteiger partial charge is 0.494 e. The lowest BCUT2D eigenvalue weighted by Gasteiger charge is -2.22. The van der Waals surface area contributed by atoms with Gasteiger partial charge in [0.2, 0.25) is 5.76 Å². The summed E-state index contributed by atoms with van der Waals surface area (Å²) in [6, 6.07) is 11.1. The van der Waals surface area contributed by atoms with Gasteiger partial charge >= 0.3 is 5.97 Å². The number of unbranched alkanes of at least 4 members (excludes halogenated alkanes) is 1. The van der Waals surface area contributed by atoms with Crippen LogP contribution in [0.1, 0.15) is 62.9 Å². The van der Waals surface area contributed by atoms with Crippen molar-refractivity contribution in [2.75, 3.05) is 18.6 Å². The van der Waals surface area contributed by atoms with Crippen molar-refractivity contribution in [3.8, 4) is 5.75 Å². The molecule has 0 bridgehead atoms. The van der Waals surface area contributed by atoms with E-state index in [1.807, 2.05) is 12.1 Å². The van der Waals surface area contributed by atoms with Gasteiger partial charge in [-0.1, -0.05) is 48.4 Å². The minimum absolute atomic E-state index is 0.0689. The van der Waals surface area contributed by atoms with E-state index in [4.69, 9.17) is 25.5 Å². The Hall–Kier alpha value is -3.69. The lowest BCUT2D eigenvalue weighted by Crippen LogP contribution is -2.29. The van der Waals surface area contributed by atoms with E-state index in [1.54, 1.807) is 31.2 Å². The van der Waals surface area contributed by atoms with Crippen molar-refractivity contribution in [3.05, 3.63) is 85.2 Å². The number of rotatable bonds is 7. The summed E-state index contributed by atoms with van der Waals surface area (Å²) in [5, 5.41) is 0.907. The molecule has 190 valence electrons. The van der Waals surface area contributed by atoms with Gasteiger partial charge in [-0.15, -0.1) is 0 Å². The van der Waals surface area contributed by atoms with Gasteiger partial charge in [0.1, 0.15) is 16.2 Å². The standard InChI is InChI=1S/C27H23ClN2O6S/c1-4-5-12-35-17-9-6-15(7-10-17)21-20-22(31)18-13-16(28)8-11-19(18)36-23(20)25(32)30(21)27-29-14(2)24(37-27)26(33)34-3/h6-11,13,21H,4-5,12H2,1-3H3. The number of carbonyl (C=O) groups excluding carboxylic acids is 2. The molecule has 1 aliphatic heterocycles. The van der Waals surface area contributed by atoms with Crippen LogP contribution >= 0.6 is 22.9 Å². The first-order valence-corrected chi connectivity index (χ1v) is 12.9. The van der Waals surface area contributed by atoms with Crippen molar-refractivity contribution in [1.82, 2.24) is 4.98 Å². The number of amides is 1. The zero-order chi connectivity index (χ0) is 26.3. The lowest BCUT2D eigenvalue weighted by molar-refractivity contribution is 0.0605. The zero-order valence-corrected chi connectivity index (χ0v) is 21.9. The van der Waals surface area contributed by atoms with Gasteiger partial charge in [0.15, 0.2) is 10.6 Å². The van der Waals surface area contributed by atoms with Gasteiger partial charge in [0.05, 0.1) is 36.4 Å². The maximum absolute atomic E-state index is 13.7. The van der Waals surface area contributed by atoms with Crippen molar-refractivity contribution in [1.29, 1.82) is 0 Å². The molecule has 0 N–H and O–H groups in total. The number of ether oxygens (including phenoxy) is 2. The van der Waals surface area contributed by atoms with E-state index in [2.05, 4.69) is 11.9 Å². The molecule has 1 aliphatic rings. The monoisotopic (exact) mass is 538 g/mol. The number of fused-ring (bicyclic) bond motifs is 2. The first kappa shape index (κ1) is 25.0. The molecule has 0 fully saturated rings. The average Bonchev–Trinajstić information content (AvgIpc) is 3.42. The van der Waals surface area contributed by atoms with Gasteiger partial charge in [-0.3, -0.25) is 14.5 Å². The van der Waals surface area contributed by atoms with Crippen LogP contribution in [0.2, 0.25) is 5.02 Å². The smallest absolute Gasteiger partial charge is 0.350 e. The molecule has 5 rings (SSSR count). The Balaban J connectivity index is 1.68. The summed E-state index contributed by atoms with van der Waals surface area (Å²) in [5.74, 6) is -0.461. The Morgan fingerprint density at radius 1 is 1.19 bits per heavy atom. The predicted octanol–water partition coefficient (Wildman–Crippen LogP) is 5.93. The van der Waals surface area contributed by atoms with E-state index in [1.165, 1.54) is 18.1 Å². The van der Waals surface area contributed by atoms with Crippen LogP contribution in [0.25, 0.3) is 11.0 Å². The predicted molar refractivity (Wildman–Crippen MR) is 141 cm³/mol. The number of hydrogen-bond acceptors (Lipinski definition) is 8. The third-order valence-electron chi connectivity index (χ3n) is 6.16.